The lowest BCUT2D eigenvalue weighted by atomic mass is 10.1. The van der Waals surface area contributed by atoms with Crippen LogP contribution in [0.15, 0.2) is 6.20 Å². The van der Waals surface area contributed by atoms with Gasteiger partial charge >= 0.3 is 0 Å². The zero-order valence-electron chi connectivity index (χ0n) is 10.9. The van der Waals surface area contributed by atoms with Crippen molar-refractivity contribution in [1.82, 2.24) is 20.3 Å². The van der Waals surface area contributed by atoms with Crippen molar-refractivity contribution in [2.45, 2.75) is 47.2 Å². The van der Waals surface area contributed by atoms with E-state index in [1.807, 2.05) is 10.9 Å². The standard InChI is InChI=1S/C12H24N4/c1-5-11(4)8-16-9-12(14-15-16)7-13-6-10(2)3/h9-11,13H,5-8H2,1-4H3. The van der Waals surface area contributed by atoms with E-state index in [0.29, 0.717) is 11.8 Å². The van der Waals surface area contributed by atoms with Gasteiger partial charge in [0, 0.05) is 19.3 Å². The number of aromatic nitrogens is 3. The summed E-state index contributed by atoms with van der Waals surface area (Å²) >= 11 is 0. The predicted octanol–water partition coefficient (Wildman–Crippen LogP) is 2.07. The van der Waals surface area contributed by atoms with E-state index in [0.717, 1.165) is 25.3 Å². The highest BCUT2D eigenvalue weighted by atomic mass is 15.4. The van der Waals surface area contributed by atoms with Gasteiger partial charge in [0.05, 0.1) is 5.69 Å². The molecule has 0 aliphatic rings. The third-order valence-electron chi connectivity index (χ3n) is 2.64. The Labute approximate surface area is 98.4 Å². The number of nitrogens with one attached hydrogen (secondary N) is 1. The lowest BCUT2D eigenvalue weighted by Gasteiger charge is -2.06. The van der Waals surface area contributed by atoms with Crippen molar-refractivity contribution in [3.8, 4) is 0 Å². The van der Waals surface area contributed by atoms with E-state index in [-0.39, 0.29) is 0 Å². The maximum atomic E-state index is 4.15. The summed E-state index contributed by atoms with van der Waals surface area (Å²) in [5.74, 6) is 1.34. The SMILES string of the molecule is CCC(C)Cn1cc(CNCC(C)C)nn1. The van der Waals surface area contributed by atoms with Crippen LogP contribution in [0.2, 0.25) is 0 Å². The summed E-state index contributed by atoms with van der Waals surface area (Å²) < 4.78 is 1.94. The number of hydrogen-bond donors (Lipinski definition) is 1. The van der Waals surface area contributed by atoms with Crippen LogP contribution in [0.5, 0.6) is 0 Å². The molecule has 16 heavy (non-hydrogen) atoms. The van der Waals surface area contributed by atoms with Gasteiger partial charge in [0.15, 0.2) is 0 Å². The predicted molar refractivity (Wildman–Crippen MR) is 66.0 cm³/mol. The Bertz CT molecular complexity index is 293. The second kappa shape index (κ2) is 6.63. The molecule has 1 heterocycles. The van der Waals surface area contributed by atoms with E-state index in [2.05, 4.69) is 43.3 Å². The topological polar surface area (TPSA) is 42.7 Å². The van der Waals surface area contributed by atoms with Gasteiger partial charge in [-0.1, -0.05) is 39.3 Å². The third kappa shape index (κ3) is 4.75. The summed E-state index contributed by atoms with van der Waals surface area (Å²) in [6, 6.07) is 0. The van der Waals surface area contributed by atoms with E-state index in [1.54, 1.807) is 0 Å². The van der Waals surface area contributed by atoms with Gasteiger partial charge < -0.3 is 5.32 Å². The fraction of sp³-hybridized carbons (Fsp3) is 0.833. The average Bonchev–Trinajstić information content (AvgIpc) is 2.65. The summed E-state index contributed by atoms with van der Waals surface area (Å²) in [6.45, 7) is 11.6. The van der Waals surface area contributed by atoms with Crippen LogP contribution in [0.3, 0.4) is 0 Å². The van der Waals surface area contributed by atoms with E-state index >= 15 is 0 Å². The van der Waals surface area contributed by atoms with E-state index in [1.165, 1.54) is 6.42 Å². The van der Waals surface area contributed by atoms with Crippen molar-refractivity contribution in [2.24, 2.45) is 11.8 Å². The molecule has 1 rings (SSSR count). The van der Waals surface area contributed by atoms with E-state index in [9.17, 15) is 0 Å². The van der Waals surface area contributed by atoms with Crippen LogP contribution in [0.25, 0.3) is 0 Å². The smallest absolute Gasteiger partial charge is 0.0964 e. The quantitative estimate of drug-likeness (QED) is 0.771. The second-order valence-electron chi connectivity index (χ2n) is 4.97. The molecule has 0 aliphatic carbocycles. The van der Waals surface area contributed by atoms with Crippen LogP contribution in [0.1, 0.15) is 39.8 Å². The van der Waals surface area contributed by atoms with Crippen molar-refractivity contribution in [3.63, 3.8) is 0 Å². The van der Waals surface area contributed by atoms with Gasteiger partial charge in [-0.05, 0) is 18.4 Å². The first-order chi connectivity index (χ1) is 7.61. The monoisotopic (exact) mass is 224 g/mol. The molecule has 4 heteroatoms. The fourth-order valence-corrected chi connectivity index (χ4v) is 1.45. The number of hydrogen-bond acceptors (Lipinski definition) is 3. The van der Waals surface area contributed by atoms with Crippen LogP contribution >= 0.6 is 0 Å². The Hall–Kier alpha value is -0.900. The molecule has 1 N–H and O–H groups in total. The van der Waals surface area contributed by atoms with Gasteiger partial charge in [0.2, 0.25) is 0 Å². The van der Waals surface area contributed by atoms with Crippen molar-refractivity contribution in [3.05, 3.63) is 11.9 Å². The zero-order chi connectivity index (χ0) is 12.0. The van der Waals surface area contributed by atoms with Gasteiger partial charge in [0.25, 0.3) is 0 Å². The highest BCUT2D eigenvalue weighted by molar-refractivity contribution is 4.91. The third-order valence-corrected chi connectivity index (χ3v) is 2.64. The van der Waals surface area contributed by atoms with Crippen LogP contribution in [-0.2, 0) is 13.1 Å². The van der Waals surface area contributed by atoms with Crippen LogP contribution < -0.4 is 5.32 Å². The molecule has 0 bridgehead atoms. The van der Waals surface area contributed by atoms with Gasteiger partial charge in [-0.15, -0.1) is 5.10 Å². The first kappa shape index (κ1) is 13.2. The van der Waals surface area contributed by atoms with Gasteiger partial charge in [-0.2, -0.15) is 0 Å². The molecule has 1 atom stereocenters. The largest absolute Gasteiger partial charge is 0.311 e. The van der Waals surface area contributed by atoms with Gasteiger partial charge in [0.1, 0.15) is 0 Å². The summed E-state index contributed by atoms with van der Waals surface area (Å²) in [7, 11) is 0. The van der Waals surface area contributed by atoms with Gasteiger partial charge in [-0.25, -0.2) is 0 Å². The minimum atomic E-state index is 0.665. The van der Waals surface area contributed by atoms with Crippen molar-refractivity contribution in [1.29, 1.82) is 0 Å². The Kier molecular flexibility index (Phi) is 5.46. The Morgan fingerprint density at radius 2 is 2.12 bits per heavy atom. The Morgan fingerprint density at radius 3 is 2.75 bits per heavy atom. The maximum Gasteiger partial charge on any atom is 0.0964 e. The highest BCUT2D eigenvalue weighted by Gasteiger charge is 2.04. The lowest BCUT2D eigenvalue weighted by Crippen LogP contribution is -2.19. The Morgan fingerprint density at radius 1 is 1.38 bits per heavy atom. The van der Waals surface area contributed by atoms with Crippen molar-refractivity contribution in [2.75, 3.05) is 6.54 Å². The molecule has 1 aromatic heterocycles. The summed E-state index contributed by atoms with van der Waals surface area (Å²) in [5, 5.41) is 11.6. The molecule has 4 nitrogen and oxygen atoms in total. The molecule has 92 valence electrons. The first-order valence-corrected chi connectivity index (χ1v) is 6.21. The van der Waals surface area contributed by atoms with Crippen LogP contribution in [-0.4, -0.2) is 21.5 Å². The first-order valence-electron chi connectivity index (χ1n) is 6.21. The molecule has 0 aromatic carbocycles. The van der Waals surface area contributed by atoms with Crippen LogP contribution in [0, 0.1) is 11.8 Å². The maximum absolute atomic E-state index is 4.15. The zero-order valence-corrected chi connectivity index (χ0v) is 10.9. The molecule has 1 aromatic rings. The molecule has 0 saturated heterocycles. The van der Waals surface area contributed by atoms with E-state index in [4.69, 9.17) is 0 Å². The average molecular weight is 224 g/mol. The molecular formula is C12H24N4. The van der Waals surface area contributed by atoms with Gasteiger partial charge in [-0.3, -0.25) is 4.68 Å². The van der Waals surface area contributed by atoms with Crippen LogP contribution in [0.4, 0.5) is 0 Å². The minimum Gasteiger partial charge on any atom is -0.311 e. The fourth-order valence-electron chi connectivity index (χ4n) is 1.45. The number of nitrogens with zero attached hydrogens (tertiary/aromatic N) is 3. The van der Waals surface area contributed by atoms with Crippen molar-refractivity contribution >= 4 is 0 Å². The second-order valence-corrected chi connectivity index (χ2v) is 4.97. The van der Waals surface area contributed by atoms with Crippen molar-refractivity contribution < 1.29 is 0 Å². The molecule has 0 spiro atoms. The van der Waals surface area contributed by atoms with E-state index < -0.39 is 0 Å². The number of rotatable bonds is 7. The molecule has 0 aliphatic heterocycles. The summed E-state index contributed by atoms with van der Waals surface area (Å²) in [4.78, 5) is 0. The molecular weight excluding hydrogens is 200 g/mol. The Balaban J connectivity index is 2.33. The molecule has 0 radical (unpaired) electrons. The molecule has 0 fully saturated rings. The molecule has 1 unspecified atom stereocenters. The normalized spacial score (nSPS) is 13.3. The molecule has 0 saturated carbocycles. The minimum absolute atomic E-state index is 0.665. The highest BCUT2D eigenvalue weighted by Crippen LogP contribution is 2.04. The summed E-state index contributed by atoms with van der Waals surface area (Å²) in [5.41, 5.74) is 1.03. The summed E-state index contributed by atoms with van der Waals surface area (Å²) in [6.07, 6.45) is 3.22. The molecule has 0 amide bonds. The lowest BCUT2D eigenvalue weighted by molar-refractivity contribution is 0.431.